The molecule has 0 unspecified atom stereocenters. The molecule has 1 N–H and O–H groups in total. The molecule has 1 aromatic carbocycles. The van der Waals surface area contributed by atoms with Gasteiger partial charge in [-0.3, -0.25) is 4.99 Å². The van der Waals surface area contributed by atoms with Gasteiger partial charge in [-0.15, -0.1) is 0 Å². The van der Waals surface area contributed by atoms with Crippen molar-refractivity contribution in [1.82, 2.24) is 4.98 Å². The Hall–Kier alpha value is -1.83. The fourth-order valence-electron chi connectivity index (χ4n) is 1.50. The molecular formula is C13H14N2. The van der Waals surface area contributed by atoms with E-state index in [2.05, 4.69) is 41.7 Å². The number of benzene rings is 1. The van der Waals surface area contributed by atoms with Crippen molar-refractivity contribution in [2.24, 2.45) is 4.99 Å². The molecule has 0 spiro atoms. The standard InChI is InChI=1S/C13H14N2/c1-3-7-14-10(2)12-5-4-11-6-8-15-13(11)9-12/h4-9,15H,2-3H2,1H3. The van der Waals surface area contributed by atoms with Crippen LogP contribution < -0.4 is 0 Å². The molecule has 0 aliphatic heterocycles. The fraction of sp³-hybridized carbons (Fsp3) is 0.154. The number of nitrogens with zero attached hydrogens (tertiary/aromatic N) is 1. The zero-order valence-corrected chi connectivity index (χ0v) is 8.83. The molecule has 1 aromatic heterocycles. The summed E-state index contributed by atoms with van der Waals surface area (Å²) < 4.78 is 0. The van der Waals surface area contributed by atoms with Crippen molar-refractivity contribution in [2.75, 3.05) is 0 Å². The van der Waals surface area contributed by atoms with E-state index in [-0.39, 0.29) is 0 Å². The van der Waals surface area contributed by atoms with Crippen molar-refractivity contribution >= 4 is 22.8 Å². The van der Waals surface area contributed by atoms with Crippen molar-refractivity contribution < 1.29 is 0 Å². The average Bonchev–Trinajstić information content (AvgIpc) is 2.72. The predicted octanol–water partition coefficient (Wildman–Crippen LogP) is 3.62. The van der Waals surface area contributed by atoms with E-state index in [1.165, 1.54) is 5.39 Å². The number of aliphatic imine (C=N–C) groups is 1. The summed E-state index contributed by atoms with van der Waals surface area (Å²) >= 11 is 0. The Morgan fingerprint density at radius 2 is 2.33 bits per heavy atom. The minimum absolute atomic E-state index is 0.813. The zero-order chi connectivity index (χ0) is 10.7. The first-order valence-electron chi connectivity index (χ1n) is 5.10. The molecular weight excluding hydrogens is 184 g/mol. The van der Waals surface area contributed by atoms with Gasteiger partial charge >= 0.3 is 0 Å². The van der Waals surface area contributed by atoms with E-state index in [1.807, 2.05) is 18.5 Å². The number of aromatic nitrogens is 1. The summed E-state index contributed by atoms with van der Waals surface area (Å²) in [4.78, 5) is 7.45. The Morgan fingerprint density at radius 1 is 1.47 bits per heavy atom. The molecule has 2 aromatic rings. The zero-order valence-electron chi connectivity index (χ0n) is 8.83. The van der Waals surface area contributed by atoms with Gasteiger partial charge in [-0.25, -0.2) is 0 Å². The minimum atomic E-state index is 0.813. The molecule has 0 aliphatic carbocycles. The Balaban J connectivity index is 2.35. The summed E-state index contributed by atoms with van der Waals surface area (Å²) in [5.74, 6) is 0. The van der Waals surface area contributed by atoms with E-state index in [4.69, 9.17) is 0 Å². The molecule has 0 aliphatic rings. The van der Waals surface area contributed by atoms with Gasteiger partial charge in [0.2, 0.25) is 0 Å². The number of aromatic amines is 1. The quantitative estimate of drug-likeness (QED) is 0.730. The van der Waals surface area contributed by atoms with Gasteiger partial charge in [0, 0.05) is 23.5 Å². The lowest BCUT2D eigenvalue weighted by Crippen LogP contribution is -1.80. The summed E-state index contributed by atoms with van der Waals surface area (Å²) in [7, 11) is 0. The van der Waals surface area contributed by atoms with Crippen LogP contribution in [0.25, 0.3) is 16.6 Å². The highest BCUT2D eigenvalue weighted by molar-refractivity contribution is 5.84. The SMILES string of the molecule is C=C(N=CCC)c1ccc2cc[nH]c2c1. The smallest absolute Gasteiger partial charge is 0.0627 e. The number of rotatable bonds is 3. The summed E-state index contributed by atoms with van der Waals surface area (Å²) in [5.41, 5.74) is 3.00. The van der Waals surface area contributed by atoms with Gasteiger partial charge in [-0.05, 0) is 23.9 Å². The van der Waals surface area contributed by atoms with Crippen molar-refractivity contribution in [2.45, 2.75) is 13.3 Å². The fourth-order valence-corrected chi connectivity index (χ4v) is 1.50. The maximum Gasteiger partial charge on any atom is 0.0627 e. The lowest BCUT2D eigenvalue weighted by molar-refractivity contribution is 1.32. The second-order valence-electron chi connectivity index (χ2n) is 3.45. The first kappa shape index (κ1) is 9.71. The normalized spacial score (nSPS) is 11.3. The third kappa shape index (κ3) is 1.99. The molecule has 2 heteroatoms. The first-order valence-corrected chi connectivity index (χ1v) is 5.10. The van der Waals surface area contributed by atoms with Crippen LogP contribution in [0.4, 0.5) is 0 Å². The highest BCUT2D eigenvalue weighted by Crippen LogP contribution is 2.19. The van der Waals surface area contributed by atoms with Crippen LogP contribution in [0.2, 0.25) is 0 Å². The second kappa shape index (κ2) is 4.13. The van der Waals surface area contributed by atoms with Crippen molar-refractivity contribution in [3.8, 4) is 0 Å². The van der Waals surface area contributed by atoms with Crippen molar-refractivity contribution in [3.05, 3.63) is 42.6 Å². The van der Waals surface area contributed by atoms with E-state index in [1.54, 1.807) is 0 Å². The van der Waals surface area contributed by atoms with Crippen LogP contribution in [0, 0.1) is 0 Å². The summed E-state index contributed by atoms with van der Waals surface area (Å²) in [6.07, 6.45) is 4.75. The molecule has 2 rings (SSSR count). The predicted molar refractivity (Wildman–Crippen MR) is 66.1 cm³/mol. The van der Waals surface area contributed by atoms with Gasteiger partial charge in [-0.2, -0.15) is 0 Å². The van der Waals surface area contributed by atoms with Gasteiger partial charge in [0.05, 0.1) is 5.70 Å². The second-order valence-corrected chi connectivity index (χ2v) is 3.45. The summed E-state index contributed by atoms with van der Waals surface area (Å²) in [6.45, 7) is 6.00. The lowest BCUT2D eigenvalue weighted by atomic mass is 10.1. The average molecular weight is 198 g/mol. The van der Waals surface area contributed by atoms with Gasteiger partial charge < -0.3 is 4.98 Å². The summed E-state index contributed by atoms with van der Waals surface area (Å²) in [5, 5.41) is 1.21. The number of H-pyrrole nitrogens is 1. The van der Waals surface area contributed by atoms with E-state index in [0.717, 1.165) is 23.2 Å². The van der Waals surface area contributed by atoms with Crippen LogP contribution in [0.15, 0.2) is 42.0 Å². The molecule has 0 fully saturated rings. The van der Waals surface area contributed by atoms with E-state index in [9.17, 15) is 0 Å². The Kier molecular flexibility index (Phi) is 2.68. The van der Waals surface area contributed by atoms with E-state index < -0.39 is 0 Å². The lowest BCUT2D eigenvalue weighted by Gasteiger charge is -1.99. The Morgan fingerprint density at radius 3 is 3.13 bits per heavy atom. The van der Waals surface area contributed by atoms with Crippen LogP contribution in [0.1, 0.15) is 18.9 Å². The Bertz CT molecular complexity index is 506. The van der Waals surface area contributed by atoms with Gasteiger partial charge in [0.1, 0.15) is 0 Å². The number of hydrogen-bond acceptors (Lipinski definition) is 1. The molecule has 0 atom stereocenters. The molecule has 76 valence electrons. The summed E-state index contributed by atoms with van der Waals surface area (Å²) in [6, 6.07) is 8.25. The number of fused-ring (bicyclic) bond motifs is 1. The van der Waals surface area contributed by atoms with Crippen LogP contribution in [0.3, 0.4) is 0 Å². The number of nitrogens with one attached hydrogen (secondary N) is 1. The molecule has 0 bridgehead atoms. The van der Waals surface area contributed by atoms with Crippen molar-refractivity contribution in [1.29, 1.82) is 0 Å². The van der Waals surface area contributed by atoms with Crippen LogP contribution in [-0.2, 0) is 0 Å². The van der Waals surface area contributed by atoms with Gasteiger partial charge in [0.25, 0.3) is 0 Å². The molecule has 2 nitrogen and oxygen atoms in total. The topological polar surface area (TPSA) is 28.1 Å². The maximum atomic E-state index is 4.27. The molecule has 0 amide bonds. The third-order valence-electron chi connectivity index (χ3n) is 2.32. The Labute approximate surface area is 89.4 Å². The highest BCUT2D eigenvalue weighted by Gasteiger charge is 1.99. The monoisotopic (exact) mass is 198 g/mol. The molecule has 1 heterocycles. The van der Waals surface area contributed by atoms with Crippen molar-refractivity contribution in [3.63, 3.8) is 0 Å². The van der Waals surface area contributed by atoms with Crippen LogP contribution in [0.5, 0.6) is 0 Å². The maximum absolute atomic E-state index is 4.27. The van der Waals surface area contributed by atoms with Gasteiger partial charge in [0.15, 0.2) is 0 Å². The van der Waals surface area contributed by atoms with E-state index in [0.29, 0.717) is 0 Å². The largest absolute Gasteiger partial charge is 0.361 e. The third-order valence-corrected chi connectivity index (χ3v) is 2.32. The number of hydrogen-bond donors (Lipinski definition) is 1. The molecule has 15 heavy (non-hydrogen) atoms. The highest BCUT2D eigenvalue weighted by atomic mass is 14.7. The minimum Gasteiger partial charge on any atom is -0.361 e. The first-order chi connectivity index (χ1) is 7.31. The van der Waals surface area contributed by atoms with Crippen LogP contribution in [-0.4, -0.2) is 11.2 Å². The molecule has 0 saturated heterocycles. The molecule has 0 radical (unpaired) electrons. The van der Waals surface area contributed by atoms with Gasteiger partial charge in [-0.1, -0.05) is 25.6 Å². The van der Waals surface area contributed by atoms with E-state index >= 15 is 0 Å². The van der Waals surface area contributed by atoms with Crippen LogP contribution >= 0.6 is 0 Å². The molecule has 0 saturated carbocycles.